The van der Waals surface area contributed by atoms with Crippen LogP contribution in [0.25, 0.3) is 22.5 Å². The van der Waals surface area contributed by atoms with Crippen LogP contribution in [-0.4, -0.2) is 81.8 Å². The molecule has 0 saturated heterocycles. The van der Waals surface area contributed by atoms with Crippen LogP contribution in [0.2, 0.25) is 0 Å². The SMILES string of the molecule is COCCO[C@H]1CC[C@H](c2nc3c(-c4cnn(-c5ccc(F)cc5)c4)cnn3c(N)c2S(C)(=O)=O)CC1.O=C(O)O. The Morgan fingerprint density at radius 3 is 2.37 bits per heavy atom. The van der Waals surface area contributed by atoms with Gasteiger partial charge in [0.05, 0.1) is 43.1 Å². The molecule has 15 heteroatoms. The number of fused-ring (bicyclic) bond motifs is 1. The zero-order chi connectivity index (χ0) is 29.7. The summed E-state index contributed by atoms with van der Waals surface area (Å²) < 4.78 is 52.9. The number of nitrogen functional groups attached to an aromatic ring is 1. The molecular formula is C26H31FN6O7S. The number of hydrogen-bond donors (Lipinski definition) is 3. The Hall–Kier alpha value is -4.08. The van der Waals surface area contributed by atoms with Crippen LogP contribution in [0.3, 0.4) is 0 Å². The lowest BCUT2D eigenvalue weighted by molar-refractivity contribution is -0.00308. The Morgan fingerprint density at radius 1 is 1.10 bits per heavy atom. The van der Waals surface area contributed by atoms with Gasteiger partial charge < -0.3 is 25.4 Å². The van der Waals surface area contributed by atoms with Crippen molar-refractivity contribution in [2.45, 2.75) is 42.6 Å². The second kappa shape index (κ2) is 12.6. The molecule has 0 unspecified atom stereocenters. The number of nitrogens with two attached hydrogens (primary N) is 1. The van der Waals surface area contributed by atoms with E-state index in [1.54, 1.807) is 42.5 Å². The van der Waals surface area contributed by atoms with Crippen molar-refractivity contribution >= 4 is 27.5 Å². The molecule has 3 aromatic heterocycles. The molecule has 0 bridgehead atoms. The van der Waals surface area contributed by atoms with E-state index in [-0.39, 0.29) is 28.6 Å². The van der Waals surface area contributed by atoms with Crippen LogP contribution in [0.5, 0.6) is 0 Å². The number of nitrogens with zero attached hydrogens (tertiary/aromatic N) is 5. The van der Waals surface area contributed by atoms with E-state index in [2.05, 4.69) is 10.2 Å². The lowest BCUT2D eigenvalue weighted by Crippen LogP contribution is -2.24. The van der Waals surface area contributed by atoms with Gasteiger partial charge in [0, 0.05) is 36.6 Å². The summed E-state index contributed by atoms with van der Waals surface area (Å²) in [7, 11) is -2.03. The van der Waals surface area contributed by atoms with E-state index in [0.717, 1.165) is 37.5 Å². The fourth-order valence-corrected chi connectivity index (χ4v) is 5.93. The maximum atomic E-state index is 13.3. The minimum absolute atomic E-state index is 0.0282. The van der Waals surface area contributed by atoms with Gasteiger partial charge in [-0.2, -0.15) is 14.7 Å². The first-order chi connectivity index (χ1) is 19.5. The Bertz CT molecular complexity index is 1610. The highest BCUT2D eigenvalue weighted by atomic mass is 32.2. The van der Waals surface area contributed by atoms with E-state index in [0.29, 0.717) is 35.8 Å². The van der Waals surface area contributed by atoms with Gasteiger partial charge in [0.15, 0.2) is 15.5 Å². The lowest BCUT2D eigenvalue weighted by Gasteiger charge is -2.29. The van der Waals surface area contributed by atoms with Crippen molar-refractivity contribution < 1.29 is 37.3 Å². The number of sulfone groups is 1. The smallest absolute Gasteiger partial charge is 0.450 e. The summed E-state index contributed by atoms with van der Waals surface area (Å²) in [6.07, 6.45) is 7.51. The zero-order valence-electron chi connectivity index (χ0n) is 22.5. The number of aromatic nitrogens is 5. The minimum atomic E-state index is -3.67. The average Bonchev–Trinajstić information content (AvgIpc) is 3.56. The van der Waals surface area contributed by atoms with Crippen molar-refractivity contribution in [3.05, 3.63) is 54.4 Å². The molecule has 0 radical (unpaired) electrons. The van der Waals surface area contributed by atoms with Crippen LogP contribution in [0.4, 0.5) is 15.0 Å². The summed E-state index contributed by atoms with van der Waals surface area (Å²) in [6, 6.07) is 5.99. The molecule has 1 aromatic carbocycles. The highest BCUT2D eigenvalue weighted by molar-refractivity contribution is 7.91. The van der Waals surface area contributed by atoms with Crippen LogP contribution in [0.1, 0.15) is 37.3 Å². The number of carbonyl (C=O) groups is 1. The Balaban J connectivity index is 0.000000909. The third-order valence-electron chi connectivity index (χ3n) is 6.72. The zero-order valence-corrected chi connectivity index (χ0v) is 23.3. The minimum Gasteiger partial charge on any atom is -0.450 e. The maximum Gasteiger partial charge on any atom is 0.503 e. The predicted molar refractivity (Wildman–Crippen MR) is 147 cm³/mol. The van der Waals surface area contributed by atoms with Crippen LogP contribution < -0.4 is 5.73 Å². The highest BCUT2D eigenvalue weighted by Gasteiger charge is 2.32. The van der Waals surface area contributed by atoms with Crippen molar-refractivity contribution in [1.82, 2.24) is 24.4 Å². The van der Waals surface area contributed by atoms with Crippen molar-refractivity contribution in [1.29, 1.82) is 0 Å². The second-order valence-electron chi connectivity index (χ2n) is 9.55. The Morgan fingerprint density at radius 2 is 1.76 bits per heavy atom. The van der Waals surface area contributed by atoms with Crippen molar-refractivity contribution in [3.63, 3.8) is 0 Å². The monoisotopic (exact) mass is 590 g/mol. The molecule has 220 valence electrons. The van der Waals surface area contributed by atoms with Gasteiger partial charge >= 0.3 is 6.16 Å². The summed E-state index contributed by atoms with van der Waals surface area (Å²) in [4.78, 5) is 13.4. The van der Waals surface area contributed by atoms with Gasteiger partial charge in [0.2, 0.25) is 0 Å². The van der Waals surface area contributed by atoms with Crippen molar-refractivity contribution in [2.24, 2.45) is 0 Å². The summed E-state index contributed by atoms with van der Waals surface area (Å²) in [5.41, 5.74) is 9.41. The molecule has 3 heterocycles. The topological polar surface area (TPSA) is 184 Å². The maximum absolute atomic E-state index is 13.3. The Labute approximate surface area is 235 Å². The van der Waals surface area contributed by atoms with Gasteiger partial charge in [-0.1, -0.05) is 0 Å². The average molecular weight is 591 g/mol. The summed E-state index contributed by atoms with van der Waals surface area (Å²) in [5.74, 6) is -0.370. The largest absolute Gasteiger partial charge is 0.503 e. The number of methoxy groups -OCH3 is 1. The molecule has 0 aliphatic heterocycles. The number of carboxylic acid groups (broad SMARTS) is 2. The normalized spacial score (nSPS) is 17.2. The number of benzene rings is 1. The molecule has 4 N–H and O–H groups in total. The van der Waals surface area contributed by atoms with E-state index in [1.165, 1.54) is 16.6 Å². The predicted octanol–water partition coefficient (Wildman–Crippen LogP) is 3.62. The van der Waals surface area contributed by atoms with Crippen molar-refractivity contribution in [2.75, 3.05) is 32.3 Å². The standard InChI is InChI=1S/C25H29FN6O4S.CH2O3/c1-35-11-12-36-20-9-3-16(4-10-20)22-23(37(2,33)34)24(27)32-25(30-22)21(14-29-32)17-13-28-31(15-17)19-7-5-18(26)6-8-19;2-1(3)4/h5-8,13-16,20H,3-4,9-12,27H2,1-2H3;(H2,2,3,4)/t16-,20-;. The highest BCUT2D eigenvalue weighted by Crippen LogP contribution is 2.39. The first-order valence-electron chi connectivity index (χ1n) is 12.7. The lowest BCUT2D eigenvalue weighted by atomic mass is 9.85. The van der Waals surface area contributed by atoms with E-state index in [4.69, 9.17) is 35.2 Å². The fourth-order valence-electron chi connectivity index (χ4n) is 4.88. The number of halogens is 1. The molecule has 0 atom stereocenters. The van der Waals surface area contributed by atoms with Crippen LogP contribution in [0, 0.1) is 5.82 Å². The molecule has 1 saturated carbocycles. The van der Waals surface area contributed by atoms with Gasteiger partial charge in [-0.3, -0.25) is 0 Å². The summed E-state index contributed by atoms with van der Waals surface area (Å²) >= 11 is 0. The summed E-state index contributed by atoms with van der Waals surface area (Å²) in [6.45, 7) is 1.07. The molecule has 1 aliphatic rings. The molecule has 1 fully saturated rings. The van der Waals surface area contributed by atoms with Gasteiger partial charge in [-0.05, 0) is 49.9 Å². The summed E-state index contributed by atoms with van der Waals surface area (Å²) in [5, 5.41) is 22.7. The van der Waals surface area contributed by atoms with Gasteiger partial charge in [-0.15, -0.1) is 0 Å². The number of anilines is 1. The van der Waals surface area contributed by atoms with Crippen LogP contribution in [0.15, 0.2) is 47.8 Å². The molecule has 4 aromatic rings. The molecular weight excluding hydrogens is 559 g/mol. The molecule has 1 aliphatic carbocycles. The van der Waals surface area contributed by atoms with E-state index >= 15 is 0 Å². The van der Waals surface area contributed by atoms with Gasteiger partial charge in [-0.25, -0.2) is 27.3 Å². The molecule has 13 nitrogen and oxygen atoms in total. The Kier molecular flexibility index (Phi) is 9.20. The van der Waals surface area contributed by atoms with Crippen molar-refractivity contribution in [3.8, 4) is 16.8 Å². The fraction of sp³-hybridized carbons (Fsp3) is 0.385. The first-order valence-corrected chi connectivity index (χ1v) is 14.6. The van der Waals surface area contributed by atoms with E-state index < -0.39 is 16.0 Å². The quantitative estimate of drug-likeness (QED) is 0.255. The third-order valence-corrected chi connectivity index (χ3v) is 7.88. The van der Waals surface area contributed by atoms with E-state index in [9.17, 15) is 12.8 Å². The van der Waals surface area contributed by atoms with Gasteiger partial charge in [0.1, 0.15) is 16.5 Å². The number of ether oxygens (including phenoxy) is 2. The van der Waals surface area contributed by atoms with Crippen LogP contribution >= 0.6 is 0 Å². The molecule has 0 spiro atoms. The molecule has 41 heavy (non-hydrogen) atoms. The molecule has 0 amide bonds. The second-order valence-corrected chi connectivity index (χ2v) is 11.5. The number of hydrogen-bond acceptors (Lipinski definition) is 9. The third kappa shape index (κ3) is 6.99. The molecule has 5 rings (SSSR count). The van der Waals surface area contributed by atoms with Crippen LogP contribution in [-0.2, 0) is 19.3 Å². The van der Waals surface area contributed by atoms with E-state index in [1.807, 2.05) is 0 Å². The number of rotatable bonds is 8. The van der Waals surface area contributed by atoms with Gasteiger partial charge in [0.25, 0.3) is 0 Å². The first kappa shape index (κ1) is 29.9.